The summed E-state index contributed by atoms with van der Waals surface area (Å²) in [6, 6.07) is 3.25. The number of amides is 2. The van der Waals surface area contributed by atoms with Crippen LogP contribution in [0.3, 0.4) is 0 Å². The minimum absolute atomic E-state index is 0.139. The van der Waals surface area contributed by atoms with Gasteiger partial charge in [0.15, 0.2) is 0 Å². The maximum absolute atomic E-state index is 12.7. The first kappa shape index (κ1) is 27.1. The zero-order valence-electron chi connectivity index (χ0n) is 18.7. The summed E-state index contributed by atoms with van der Waals surface area (Å²) in [6.07, 6.45) is 3.46. The van der Waals surface area contributed by atoms with Crippen molar-refractivity contribution in [3.8, 4) is 0 Å². The SMILES string of the molecule is CCO.CC[C@H](NC(=O)[C@@H]1CCCN1C(=O)CN)C(=O)O.Cc1c[nH]c2ccc(F)cc12. The molecule has 2 heterocycles. The van der Waals surface area contributed by atoms with Gasteiger partial charge in [-0.2, -0.15) is 0 Å². The van der Waals surface area contributed by atoms with Gasteiger partial charge in [0.05, 0.1) is 6.54 Å². The van der Waals surface area contributed by atoms with Crippen LogP contribution in [0.1, 0.15) is 38.7 Å². The zero-order chi connectivity index (χ0) is 24.3. The Morgan fingerprint density at radius 2 is 2.00 bits per heavy atom. The number of aliphatic hydroxyl groups excluding tert-OH is 1. The number of hydrogen-bond donors (Lipinski definition) is 5. The van der Waals surface area contributed by atoms with Crippen molar-refractivity contribution in [3.63, 3.8) is 0 Å². The van der Waals surface area contributed by atoms with E-state index in [-0.39, 0.29) is 24.9 Å². The summed E-state index contributed by atoms with van der Waals surface area (Å²) in [5, 5.41) is 19.8. The van der Waals surface area contributed by atoms with Crippen LogP contribution >= 0.6 is 0 Å². The van der Waals surface area contributed by atoms with E-state index in [4.69, 9.17) is 15.9 Å². The molecule has 1 aliphatic rings. The summed E-state index contributed by atoms with van der Waals surface area (Å²) in [6.45, 7) is 5.92. The van der Waals surface area contributed by atoms with Gasteiger partial charge in [-0.15, -0.1) is 0 Å². The minimum Gasteiger partial charge on any atom is -0.480 e. The first-order valence-electron chi connectivity index (χ1n) is 10.6. The van der Waals surface area contributed by atoms with Crippen molar-refractivity contribution in [2.75, 3.05) is 19.7 Å². The van der Waals surface area contributed by atoms with E-state index < -0.39 is 24.0 Å². The average Bonchev–Trinajstić information content (AvgIpc) is 3.39. The highest BCUT2D eigenvalue weighted by atomic mass is 19.1. The van der Waals surface area contributed by atoms with Gasteiger partial charge >= 0.3 is 5.97 Å². The summed E-state index contributed by atoms with van der Waals surface area (Å²) >= 11 is 0. The maximum atomic E-state index is 12.7. The molecule has 0 saturated carbocycles. The number of aromatic amines is 1. The highest BCUT2D eigenvalue weighted by Gasteiger charge is 2.34. The van der Waals surface area contributed by atoms with E-state index in [9.17, 15) is 18.8 Å². The molecule has 10 heteroatoms. The highest BCUT2D eigenvalue weighted by Crippen LogP contribution is 2.18. The van der Waals surface area contributed by atoms with Gasteiger partial charge in [-0.3, -0.25) is 9.59 Å². The molecule has 3 rings (SSSR count). The van der Waals surface area contributed by atoms with Crippen molar-refractivity contribution in [1.29, 1.82) is 0 Å². The van der Waals surface area contributed by atoms with Crippen LogP contribution in [0.4, 0.5) is 4.39 Å². The fourth-order valence-corrected chi connectivity index (χ4v) is 3.29. The highest BCUT2D eigenvalue weighted by molar-refractivity contribution is 5.91. The van der Waals surface area contributed by atoms with E-state index in [1.165, 1.54) is 11.0 Å². The second kappa shape index (κ2) is 13.4. The van der Waals surface area contributed by atoms with Crippen LogP contribution < -0.4 is 11.1 Å². The molecule has 9 nitrogen and oxygen atoms in total. The van der Waals surface area contributed by atoms with E-state index >= 15 is 0 Å². The predicted molar refractivity (Wildman–Crippen MR) is 119 cm³/mol. The molecule has 178 valence electrons. The molecule has 1 fully saturated rings. The average molecular weight is 453 g/mol. The molecule has 32 heavy (non-hydrogen) atoms. The molecule has 6 N–H and O–H groups in total. The molecular weight excluding hydrogens is 419 g/mol. The monoisotopic (exact) mass is 452 g/mol. The van der Waals surface area contributed by atoms with Gasteiger partial charge in [0.2, 0.25) is 11.8 Å². The third-order valence-electron chi connectivity index (χ3n) is 4.92. The molecule has 1 saturated heterocycles. The fourth-order valence-electron chi connectivity index (χ4n) is 3.29. The molecule has 0 spiro atoms. The number of carboxylic acid groups (broad SMARTS) is 1. The standard InChI is InChI=1S/C11H19N3O4.C9H8FN.C2H6O/c1-2-7(11(17)18)13-10(16)8-4-3-5-14(8)9(15)6-12;1-6-5-11-9-3-2-7(10)4-8(6)9;1-2-3/h7-8H,2-6,12H2,1H3,(H,13,16)(H,17,18);2-5,11H,1H3;3H,2H2,1H3/t7-,8-;;/m0../s1. The van der Waals surface area contributed by atoms with Crippen LogP contribution in [0.25, 0.3) is 10.9 Å². The molecule has 1 aromatic heterocycles. The predicted octanol–water partition coefficient (Wildman–Crippen LogP) is 1.53. The van der Waals surface area contributed by atoms with Gasteiger partial charge in [0.25, 0.3) is 0 Å². The summed E-state index contributed by atoms with van der Waals surface area (Å²) in [7, 11) is 0. The third kappa shape index (κ3) is 7.61. The first-order chi connectivity index (χ1) is 15.2. The van der Waals surface area contributed by atoms with Crippen LogP contribution in [0.5, 0.6) is 0 Å². The number of H-pyrrole nitrogens is 1. The van der Waals surface area contributed by atoms with Crippen molar-refractivity contribution >= 4 is 28.7 Å². The molecular formula is C22H33FN4O5. The molecule has 0 bridgehead atoms. The van der Waals surface area contributed by atoms with Crippen molar-refractivity contribution in [3.05, 3.63) is 35.8 Å². The Balaban J connectivity index is 0.000000308. The molecule has 1 aromatic carbocycles. The number of aliphatic carboxylic acids is 1. The van der Waals surface area contributed by atoms with E-state index in [1.54, 1.807) is 26.0 Å². The first-order valence-corrected chi connectivity index (χ1v) is 10.6. The Morgan fingerprint density at radius 1 is 1.34 bits per heavy atom. The Labute approximate surface area is 186 Å². The number of nitrogens with zero attached hydrogens (tertiary/aromatic N) is 1. The zero-order valence-corrected chi connectivity index (χ0v) is 18.7. The van der Waals surface area contributed by atoms with Gasteiger partial charge in [0.1, 0.15) is 17.9 Å². The normalized spacial score (nSPS) is 15.8. The number of carbonyl (C=O) groups excluding carboxylic acids is 2. The number of halogens is 1. The van der Waals surface area contributed by atoms with Crippen molar-refractivity contribution < 1.29 is 29.0 Å². The van der Waals surface area contributed by atoms with Gasteiger partial charge in [-0.1, -0.05) is 6.92 Å². The van der Waals surface area contributed by atoms with E-state index in [0.29, 0.717) is 19.4 Å². The number of aliphatic hydroxyl groups is 1. The number of rotatable bonds is 5. The van der Waals surface area contributed by atoms with Gasteiger partial charge < -0.3 is 31.1 Å². The number of likely N-dealkylation sites (tertiary alicyclic amines) is 1. The number of nitrogens with two attached hydrogens (primary N) is 1. The van der Waals surface area contributed by atoms with Crippen LogP contribution in [0.2, 0.25) is 0 Å². The van der Waals surface area contributed by atoms with Crippen molar-refractivity contribution in [1.82, 2.24) is 15.2 Å². The summed E-state index contributed by atoms with van der Waals surface area (Å²) < 4.78 is 12.7. The quantitative estimate of drug-likeness (QED) is 0.464. The largest absolute Gasteiger partial charge is 0.480 e. The lowest BCUT2D eigenvalue weighted by molar-refractivity contribution is -0.143. The Kier molecular flexibility index (Phi) is 11.4. The molecule has 2 amide bonds. The molecule has 0 radical (unpaired) electrons. The fraction of sp³-hybridized carbons (Fsp3) is 0.500. The summed E-state index contributed by atoms with van der Waals surface area (Å²) in [4.78, 5) is 38.8. The smallest absolute Gasteiger partial charge is 0.326 e. The van der Waals surface area contributed by atoms with Gasteiger partial charge in [0, 0.05) is 30.3 Å². The number of carbonyl (C=O) groups is 3. The summed E-state index contributed by atoms with van der Waals surface area (Å²) in [5.74, 6) is -1.94. The van der Waals surface area contributed by atoms with E-state index in [1.807, 2.05) is 13.1 Å². The van der Waals surface area contributed by atoms with Gasteiger partial charge in [-0.05, 0) is 56.9 Å². The van der Waals surface area contributed by atoms with E-state index in [2.05, 4.69) is 10.3 Å². The number of aryl methyl sites for hydroxylation is 1. The maximum Gasteiger partial charge on any atom is 0.326 e. The number of nitrogens with one attached hydrogen (secondary N) is 2. The topological polar surface area (TPSA) is 149 Å². The third-order valence-corrected chi connectivity index (χ3v) is 4.92. The molecule has 2 atom stereocenters. The molecule has 2 aromatic rings. The van der Waals surface area contributed by atoms with Crippen molar-refractivity contribution in [2.45, 2.75) is 52.1 Å². The second-order valence-electron chi connectivity index (χ2n) is 7.23. The number of carboxylic acids is 1. The Morgan fingerprint density at radius 3 is 2.56 bits per heavy atom. The van der Waals surface area contributed by atoms with Crippen LogP contribution in [0, 0.1) is 12.7 Å². The molecule has 1 aliphatic heterocycles. The number of hydrogen-bond acceptors (Lipinski definition) is 5. The number of benzene rings is 1. The lowest BCUT2D eigenvalue weighted by atomic mass is 10.1. The molecule has 0 aliphatic carbocycles. The van der Waals surface area contributed by atoms with E-state index in [0.717, 1.165) is 22.9 Å². The Bertz CT molecular complexity index is 902. The minimum atomic E-state index is -1.07. The number of aromatic nitrogens is 1. The molecule has 0 unspecified atom stereocenters. The second-order valence-corrected chi connectivity index (χ2v) is 7.23. The summed E-state index contributed by atoms with van der Waals surface area (Å²) in [5.41, 5.74) is 7.35. The Hall–Kier alpha value is -2.98. The van der Waals surface area contributed by atoms with Gasteiger partial charge in [-0.25, -0.2) is 9.18 Å². The van der Waals surface area contributed by atoms with Crippen molar-refractivity contribution in [2.24, 2.45) is 5.73 Å². The number of fused-ring (bicyclic) bond motifs is 1. The van der Waals surface area contributed by atoms with Crippen LogP contribution in [0.15, 0.2) is 24.4 Å². The van der Waals surface area contributed by atoms with Crippen LogP contribution in [-0.4, -0.2) is 69.7 Å². The van der Waals surface area contributed by atoms with Crippen LogP contribution in [-0.2, 0) is 14.4 Å². The lowest BCUT2D eigenvalue weighted by Gasteiger charge is -2.24. The lowest BCUT2D eigenvalue weighted by Crippen LogP contribution is -2.51.